The van der Waals surface area contributed by atoms with E-state index in [2.05, 4.69) is 5.32 Å². The molecule has 2 amide bonds. The molecule has 1 atom stereocenters. The number of pyridine rings is 1. The summed E-state index contributed by atoms with van der Waals surface area (Å²) < 4.78 is 1.58. The Morgan fingerprint density at radius 2 is 2.09 bits per heavy atom. The molecule has 2 rings (SSSR count). The molecular formula is C16H23N3O3. The van der Waals surface area contributed by atoms with Gasteiger partial charge in [0, 0.05) is 31.8 Å². The van der Waals surface area contributed by atoms with Crippen LogP contribution in [0.2, 0.25) is 0 Å². The van der Waals surface area contributed by atoms with Crippen LogP contribution in [0.25, 0.3) is 0 Å². The molecule has 1 aromatic heterocycles. The fraction of sp³-hybridized carbons (Fsp3) is 0.562. The van der Waals surface area contributed by atoms with Crippen LogP contribution in [0, 0.1) is 0 Å². The zero-order chi connectivity index (χ0) is 16.1. The molecule has 2 heterocycles. The summed E-state index contributed by atoms with van der Waals surface area (Å²) >= 11 is 0. The van der Waals surface area contributed by atoms with E-state index in [1.54, 1.807) is 21.7 Å². The molecule has 1 aromatic rings. The molecule has 0 bridgehead atoms. The molecule has 6 nitrogen and oxygen atoms in total. The zero-order valence-corrected chi connectivity index (χ0v) is 13.2. The third kappa shape index (κ3) is 3.55. The molecule has 1 N–H and O–H groups in total. The lowest BCUT2D eigenvalue weighted by molar-refractivity contribution is -0.135. The Morgan fingerprint density at radius 3 is 2.68 bits per heavy atom. The quantitative estimate of drug-likeness (QED) is 0.867. The van der Waals surface area contributed by atoms with Gasteiger partial charge < -0.3 is 14.8 Å². The molecule has 1 aliphatic rings. The first kappa shape index (κ1) is 16.3. The fourth-order valence-corrected chi connectivity index (χ4v) is 2.79. The van der Waals surface area contributed by atoms with Crippen LogP contribution < -0.4 is 10.9 Å². The van der Waals surface area contributed by atoms with Crippen LogP contribution in [0.15, 0.2) is 23.1 Å². The van der Waals surface area contributed by atoms with E-state index in [4.69, 9.17) is 0 Å². The summed E-state index contributed by atoms with van der Waals surface area (Å²) in [5, 5.41) is 2.82. The van der Waals surface area contributed by atoms with Crippen molar-refractivity contribution in [3.05, 3.63) is 28.7 Å². The minimum absolute atomic E-state index is 0.0398. The molecule has 1 aliphatic heterocycles. The molecule has 0 aromatic carbocycles. The number of nitrogens with zero attached hydrogens (tertiary/aromatic N) is 2. The van der Waals surface area contributed by atoms with Crippen molar-refractivity contribution in [1.29, 1.82) is 0 Å². The summed E-state index contributed by atoms with van der Waals surface area (Å²) in [6, 6.07) is 2.61. The number of carbonyl (C=O) groups excluding carboxylic acids is 2. The Labute approximate surface area is 130 Å². The number of nitrogens with one attached hydrogen (secondary N) is 1. The highest BCUT2D eigenvalue weighted by molar-refractivity contribution is 5.97. The third-order valence-corrected chi connectivity index (χ3v) is 3.89. The van der Waals surface area contributed by atoms with E-state index in [0.29, 0.717) is 31.6 Å². The van der Waals surface area contributed by atoms with E-state index in [9.17, 15) is 14.4 Å². The van der Waals surface area contributed by atoms with Crippen molar-refractivity contribution in [1.82, 2.24) is 9.47 Å². The second-order valence-electron chi connectivity index (χ2n) is 5.55. The molecule has 22 heavy (non-hydrogen) atoms. The SMILES string of the molecule is CCCn1cc(NC(=O)[C@@H](CC)N2CCCC2=O)ccc1=O. The van der Waals surface area contributed by atoms with E-state index in [0.717, 1.165) is 12.8 Å². The van der Waals surface area contributed by atoms with Crippen LogP contribution in [0.4, 0.5) is 5.69 Å². The van der Waals surface area contributed by atoms with Gasteiger partial charge in [-0.25, -0.2) is 0 Å². The van der Waals surface area contributed by atoms with Gasteiger partial charge in [0.05, 0.1) is 5.69 Å². The number of carbonyl (C=O) groups is 2. The Morgan fingerprint density at radius 1 is 1.32 bits per heavy atom. The van der Waals surface area contributed by atoms with Crippen molar-refractivity contribution in [2.24, 2.45) is 0 Å². The molecular weight excluding hydrogens is 282 g/mol. The Hall–Kier alpha value is -2.11. The van der Waals surface area contributed by atoms with Crippen molar-refractivity contribution in [2.75, 3.05) is 11.9 Å². The highest BCUT2D eigenvalue weighted by Gasteiger charge is 2.31. The first-order valence-corrected chi connectivity index (χ1v) is 7.87. The number of rotatable bonds is 6. The second-order valence-corrected chi connectivity index (χ2v) is 5.55. The van der Waals surface area contributed by atoms with Crippen molar-refractivity contribution < 1.29 is 9.59 Å². The lowest BCUT2D eigenvalue weighted by atomic mass is 10.2. The minimum atomic E-state index is -0.443. The standard InChI is InChI=1S/C16H23N3O3/c1-3-9-18-11-12(7-8-14(18)20)17-16(22)13(4-2)19-10-5-6-15(19)21/h7-8,11,13H,3-6,9-10H2,1-2H3,(H,17,22)/t13-/m1/s1. The van der Waals surface area contributed by atoms with Gasteiger partial charge in [-0.3, -0.25) is 14.4 Å². The van der Waals surface area contributed by atoms with Gasteiger partial charge in [0.15, 0.2) is 0 Å². The molecule has 1 saturated heterocycles. The molecule has 0 radical (unpaired) electrons. The normalized spacial score (nSPS) is 15.9. The topological polar surface area (TPSA) is 71.4 Å². The largest absolute Gasteiger partial charge is 0.331 e. The van der Waals surface area contributed by atoms with Crippen LogP contribution in [0.3, 0.4) is 0 Å². The van der Waals surface area contributed by atoms with E-state index in [-0.39, 0.29) is 17.4 Å². The minimum Gasteiger partial charge on any atom is -0.331 e. The molecule has 120 valence electrons. The maximum Gasteiger partial charge on any atom is 0.250 e. The van der Waals surface area contributed by atoms with Gasteiger partial charge in [0.2, 0.25) is 11.8 Å². The molecule has 0 aliphatic carbocycles. The van der Waals surface area contributed by atoms with E-state index >= 15 is 0 Å². The number of amides is 2. The van der Waals surface area contributed by atoms with Crippen molar-refractivity contribution in [2.45, 2.75) is 52.1 Å². The number of likely N-dealkylation sites (tertiary alicyclic amines) is 1. The first-order valence-electron chi connectivity index (χ1n) is 7.87. The van der Waals surface area contributed by atoms with Crippen LogP contribution in [0.1, 0.15) is 39.5 Å². The van der Waals surface area contributed by atoms with Crippen molar-refractivity contribution >= 4 is 17.5 Å². The van der Waals surface area contributed by atoms with Crippen molar-refractivity contribution in [3.8, 4) is 0 Å². The third-order valence-electron chi connectivity index (χ3n) is 3.89. The summed E-state index contributed by atoms with van der Waals surface area (Å²) in [4.78, 5) is 37.6. The van der Waals surface area contributed by atoms with E-state index in [1.165, 1.54) is 6.07 Å². The zero-order valence-electron chi connectivity index (χ0n) is 13.2. The predicted molar refractivity (Wildman–Crippen MR) is 84.6 cm³/mol. The lowest BCUT2D eigenvalue weighted by Gasteiger charge is -2.25. The second kappa shape index (κ2) is 7.24. The van der Waals surface area contributed by atoms with Gasteiger partial charge in [0.1, 0.15) is 6.04 Å². The lowest BCUT2D eigenvalue weighted by Crippen LogP contribution is -2.44. The maximum absolute atomic E-state index is 12.4. The summed E-state index contributed by atoms with van der Waals surface area (Å²) in [7, 11) is 0. The smallest absolute Gasteiger partial charge is 0.250 e. The number of anilines is 1. The van der Waals surface area contributed by atoms with Crippen molar-refractivity contribution in [3.63, 3.8) is 0 Å². The van der Waals surface area contributed by atoms with E-state index in [1.807, 2.05) is 13.8 Å². The number of aryl methyl sites for hydroxylation is 1. The fourth-order valence-electron chi connectivity index (χ4n) is 2.79. The Kier molecular flexibility index (Phi) is 5.35. The van der Waals surface area contributed by atoms with Crippen LogP contribution in [-0.2, 0) is 16.1 Å². The van der Waals surface area contributed by atoms with E-state index < -0.39 is 6.04 Å². The molecule has 0 unspecified atom stereocenters. The number of hydrogen-bond donors (Lipinski definition) is 1. The van der Waals surface area contributed by atoms with Crippen LogP contribution in [0.5, 0.6) is 0 Å². The van der Waals surface area contributed by atoms with Gasteiger partial charge in [-0.05, 0) is 25.3 Å². The molecule has 1 fully saturated rings. The summed E-state index contributed by atoms with van der Waals surface area (Å²) in [6.45, 7) is 5.14. The maximum atomic E-state index is 12.4. The average molecular weight is 305 g/mol. The number of hydrogen-bond acceptors (Lipinski definition) is 3. The van der Waals surface area contributed by atoms with Crippen LogP contribution in [-0.4, -0.2) is 33.9 Å². The van der Waals surface area contributed by atoms with Gasteiger partial charge in [-0.1, -0.05) is 13.8 Å². The van der Waals surface area contributed by atoms with Gasteiger partial charge in [-0.2, -0.15) is 0 Å². The highest BCUT2D eigenvalue weighted by atomic mass is 16.2. The first-order chi connectivity index (χ1) is 10.6. The Bertz CT molecular complexity index is 609. The molecule has 6 heteroatoms. The number of aromatic nitrogens is 1. The van der Waals surface area contributed by atoms with Crippen LogP contribution >= 0.6 is 0 Å². The van der Waals surface area contributed by atoms with Gasteiger partial charge in [0.25, 0.3) is 5.56 Å². The summed E-state index contributed by atoms with van der Waals surface area (Å²) in [5.74, 6) is -0.155. The Balaban J connectivity index is 2.11. The molecule has 0 saturated carbocycles. The average Bonchev–Trinajstić information content (AvgIpc) is 2.90. The van der Waals surface area contributed by atoms with Gasteiger partial charge in [-0.15, -0.1) is 0 Å². The monoisotopic (exact) mass is 305 g/mol. The predicted octanol–water partition coefficient (Wildman–Crippen LogP) is 1.60. The molecule has 0 spiro atoms. The summed E-state index contributed by atoms with van der Waals surface area (Å²) in [6.07, 6.45) is 4.40. The summed E-state index contributed by atoms with van der Waals surface area (Å²) in [5.41, 5.74) is 0.504. The highest BCUT2D eigenvalue weighted by Crippen LogP contribution is 2.17. The van der Waals surface area contributed by atoms with Gasteiger partial charge >= 0.3 is 0 Å².